The molecule has 0 radical (unpaired) electrons. The Bertz CT molecular complexity index is 198. The van der Waals surface area contributed by atoms with Gasteiger partial charge in [-0.25, -0.2) is 0 Å². The fourth-order valence-electron chi connectivity index (χ4n) is 1.50. The number of nitrogens with two attached hydrogens (primary N) is 1. The summed E-state index contributed by atoms with van der Waals surface area (Å²) >= 11 is 0. The number of carbonyl (C=O) groups is 1. The SMILES string of the molecule is CCC(C)C(=O)C1C=CC(N)C1. The lowest BCUT2D eigenvalue weighted by molar-refractivity contribution is -0.125. The van der Waals surface area contributed by atoms with Crippen LogP contribution in [0.4, 0.5) is 0 Å². The van der Waals surface area contributed by atoms with Crippen LogP contribution in [0.1, 0.15) is 26.7 Å². The zero-order valence-electron chi connectivity index (χ0n) is 7.79. The molecule has 0 saturated heterocycles. The second-order valence-electron chi connectivity index (χ2n) is 3.60. The van der Waals surface area contributed by atoms with E-state index in [9.17, 15) is 4.79 Å². The van der Waals surface area contributed by atoms with Crippen LogP contribution in [0, 0.1) is 11.8 Å². The van der Waals surface area contributed by atoms with Crippen molar-refractivity contribution in [3.63, 3.8) is 0 Å². The van der Waals surface area contributed by atoms with Crippen molar-refractivity contribution in [2.45, 2.75) is 32.7 Å². The molecule has 0 heterocycles. The summed E-state index contributed by atoms with van der Waals surface area (Å²) in [5, 5.41) is 0. The molecule has 0 bridgehead atoms. The van der Waals surface area contributed by atoms with Gasteiger partial charge in [-0.2, -0.15) is 0 Å². The Balaban J connectivity index is 2.49. The molecule has 0 aromatic rings. The van der Waals surface area contributed by atoms with Gasteiger partial charge >= 0.3 is 0 Å². The second-order valence-corrected chi connectivity index (χ2v) is 3.60. The number of allylic oxidation sites excluding steroid dienone is 1. The maximum atomic E-state index is 11.6. The van der Waals surface area contributed by atoms with Gasteiger partial charge in [-0.15, -0.1) is 0 Å². The molecule has 3 atom stereocenters. The van der Waals surface area contributed by atoms with E-state index in [1.165, 1.54) is 0 Å². The molecule has 3 unspecified atom stereocenters. The lowest BCUT2D eigenvalue weighted by Crippen LogP contribution is -2.22. The first-order valence-electron chi connectivity index (χ1n) is 4.62. The maximum absolute atomic E-state index is 11.6. The minimum Gasteiger partial charge on any atom is -0.324 e. The van der Waals surface area contributed by atoms with E-state index < -0.39 is 0 Å². The third-order valence-corrected chi connectivity index (χ3v) is 2.58. The normalized spacial score (nSPS) is 30.6. The van der Waals surface area contributed by atoms with Gasteiger partial charge in [0.2, 0.25) is 0 Å². The first-order chi connectivity index (χ1) is 5.65. The van der Waals surface area contributed by atoms with Gasteiger partial charge in [-0.3, -0.25) is 4.79 Å². The Kier molecular flexibility index (Phi) is 3.04. The van der Waals surface area contributed by atoms with E-state index in [-0.39, 0.29) is 17.9 Å². The fraction of sp³-hybridized carbons (Fsp3) is 0.700. The molecule has 1 rings (SSSR count). The topological polar surface area (TPSA) is 43.1 Å². The summed E-state index contributed by atoms with van der Waals surface area (Å²) < 4.78 is 0. The van der Waals surface area contributed by atoms with Crippen molar-refractivity contribution in [3.8, 4) is 0 Å². The second kappa shape index (κ2) is 3.85. The van der Waals surface area contributed by atoms with Gasteiger partial charge in [-0.05, 0) is 12.8 Å². The van der Waals surface area contributed by atoms with E-state index in [1.54, 1.807) is 0 Å². The van der Waals surface area contributed by atoms with Crippen LogP contribution in [0.15, 0.2) is 12.2 Å². The van der Waals surface area contributed by atoms with Gasteiger partial charge in [0, 0.05) is 17.9 Å². The highest BCUT2D eigenvalue weighted by Gasteiger charge is 2.25. The van der Waals surface area contributed by atoms with Gasteiger partial charge in [0.15, 0.2) is 0 Å². The van der Waals surface area contributed by atoms with Crippen LogP contribution in [0.5, 0.6) is 0 Å². The van der Waals surface area contributed by atoms with Gasteiger partial charge in [0.05, 0.1) is 0 Å². The highest BCUT2D eigenvalue weighted by molar-refractivity contribution is 5.85. The highest BCUT2D eigenvalue weighted by atomic mass is 16.1. The standard InChI is InChI=1S/C10H17NO/c1-3-7(2)10(12)8-4-5-9(11)6-8/h4-5,7-9H,3,6,11H2,1-2H3. The van der Waals surface area contributed by atoms with E-state index in [4.69, 9.17) is 5.73 Å². The minimum atomic E-state index is 0.0925. The van der Waals surface area contributed by atoms with Gasteiger partial charge in [0.25, 0.3) is 0 Å². The van der Waals surface area contributed by atoms with E-state index >= 15 is 0 Å². The summed E-state index contributed by atoms with van der Waals surface area (Å²) in [6.07, 6.45) is 5.63. The summed E-state index contributed by atoms with van der Waals surface area (Å²) in [6.45, 7) is 4.03. The van der Waals surface area contributed by atoms with Crippen LogP contribution >= 0.6 is 0 Å². The molecule has 0 aliphatic heterocycles. The molecule has 2 heteroatoms. The summed E-state index contributed by atoms with van der Waals surface area (Å²) in [4.78, 5) is 11.6. The minimum absolute atomic E-state index is 0.0925. The summed E-state index contributed by atoms with van der Waals surface area (Å²) in [5.41, 5.74) is 5.67. The first kappa shape index (κ1) is 9.46. The number of carbonyl (C=O) groups excluding carboxylic acids is 1. The number of rotatable bonds is 3. The largest absolute Gasteiger partial charge is 0.324 e. The summed E-state index contributed by atoms with van der Waals surface area (Å²) in [7, 11) is 0. The van der Waals surface area contributed by atoms with E-state index in [2.05, 4.69) is 0 Å². The zero-order chi connectivity index (χ0) is 9.14. The zero-order valence-corrected chi connectivity index (χ0v) is 7.79. The third-order valence-electron chi connectivity index (χ3n) is 2.58. The molecule has 0 aromatic heterocycles. The molecule has 1 aliphatic carbocycles. The predicted octanol–water partition coefficient (Wildman–Crippen LogP) is 1.51. The predicted molar refractivity (Wildman–Crippen MR) is 49.7 cm³/mol. The molecule has 12 heavy (non-hydrogen) atoms. The Hall–Kier alpha value is -0.630. The van der Waals surface area contributed by atoms with E-state index in [1.807, 2.05) is 26.0 Å². The molecular weight excluding hydrogens is 150 g/mol. The smallest absolute Gasteiger partial charge is 0.142 e. The lowest BCUT2D eigenvalue weighted by Gasteiger charge is -2.12. The number of Topliss-reactive ketones (excluding diaryl/α,β-unsaturated/α-hetero) is 1. The Morgan fingerprint density at radius 1 is 1.67 bits per heavy atom. The average molecular weight is 167 g/mol. The fourth-order valence-corrected chi connectivity index (χ4v) is 1.50. The van der Waals surface area contributed by atoms with Gasteiger partial charge in [-0.1, -0.05) is 26.0 Å². The Morgan fingerprint density at radius 2 is 2.33 bits per heavy atom. The monoisotopic (exact) mass is 167 g/mol. The van der Waals surface area contributed by atoms with Crippen LogP contribution in [-0.2, 0) is 4.79 Å². The first-order valence-corrected chi connectivity index (χ1v) is 4.62. The third kappa shape index (κ3) is 1.95. The van der Waals surface area contributed by atoms with Crippen LogP contribution < -0.4 is 5.73 Å². The van der Waals surface area contributed by atoms with Crippen molar-refractivity contribution < 1.29 is 4.79 Å². The molecule has 2 N–H and O–H groups in total. The van der Waals surface area contributed by atoms with Crippen molar-refractivity contribution in [2.75, 3.05) is 0 Å². The molecule has 0 aromatic carbocycles. The molecule has 0 saturated carbocycles. The molecular formula is C10H17NO. The van der Waals surface area contributed by atoms with Gasteiger partial charge in [0.1, 0.15) is 5.78 Å². The molecule has 0 spiro atoms. The van der Waals surface area contributed by atoms with E-state index in [0.717, 1.165) is 12.8 Å². The number of hydrogen-bond donors (Lipinski definition) is 1. The number of ketones is 1. The molecule has 2 nitrogen and oxygen atoms in total. The van der Waals surface area contributed by atoms with Crippen molar-refractivity contribution in [2.24, 2.45) is 17.6 Å². The maximum Gasteiger partial charge on any atom is 0.142 e. The van der Waals surface area contributed by atoms with Crippen molar-refractivity contribution in [3.05, 3.63) is 12.2 Å². The van der Waals surface area contributed by atoms with Crippen molar-refractivity contribution in [1.82, 2.24) is 0 Å². The molecule has 1 aliphatic rings. The Morgan fingerprint density at radius 3 is 2.75 bits per heavy atom. The molecule has 68 valence electrons. The van der Waals surface area contributed by atoms with Crippen LogP contribution in [-0.4, -0.2) is 11.8 Å². The summed E-state index contributed by atoms with van der Waals surface area (Å²) in [5.74, 6) is 0.626. The Labute approximate surface area is 73.8 Å². The quantitative estimate of drug-likeness (QED) is 0.647. The van der Waals surface area contributed by atoms with Crippen LogP contribution in [0.2, 0.25) is 0 Å². The van der Waals surface area contributed by atoms with Crippen molar-refractivity contribution in [1.29, 1.82) is 0 Å². The van der Waals surface area contributed by atoms with E-state index in [0.29, 0.717) is 5.78 Å². The number of hydrogen-bond acceptors (Lipinski definition) is 2. The highest BCUT2D eigenvalue weighted by Crippen LogP contribution is 2.21. The van der Waals surface area contributed by atoms with Crippen molar-refractivity contribution >= 4 is 5.78 Å². The lowest BCUT2D eigenvalue weighted by atomic mass is 9.91. The molecule has 0 fully saturated rings. The average Bonchev–Trinajstić information content (AvgIpc) is 2.49. The van der Waals surface area contributed by atoms with Gasteiger partial charge < -0.3 is 5.73 Å². The summed E-state index contributed by atoms with van der Waals surface area (Å²) in [6, 6.07) is 0.100. The van der Waals surface area contributed by atoms with Crippen LogP contribution in [0.25, 0.3) is 0 Å². The molecule has 0 amide bonds. The van der Waals surface area contributed by atoms with Crippen LogP contribution in [0.3, 0.4) is 0 Å².